The smallest absolute Gasteiger partial charge is 0.273 e. The van der Waals surface area contributed by atoms with Gasteiger partial charge < -0.3 is 9.47 Å². The Kier molecular flexibility index (Phi) is 6.09. The summed E-state index contributed by atoms with van der Waals surface area (Å²) in [6.07, 6.45) is 6.65. The molecule has 0 aliphatic heterocycles. The second-order valence-electron chi connectivity index (χ2n) is 4.84. The van der Waals surface area contributed by atoms with Gasteiger partial charge in [-0.05, 0) is 40.8 Å². The molecule has 1 rings (SSSR count). The fraction of sp³-hybridized carbons (Fsp3) is 0.500. The van der Waals surface area contributed by atoms with Gasteiger partial charge >= 0.3 is 0 Å². The molecular weight excluding hydrogens is 334 g/mol. The number of benzene rings is 1. The number of hydrogen-bond donors (Lipinski definition) is 0. The monoisotopic (exact) mass is 351 g/mol. The summed E-state index contributed by atoms with van der Waals surface area (Å²) < 4.78 is 11.4. The normalized spacial score (nSPS) is 12.2. The molecule has 5 nitrogen and oxygen atoms in total. The van der Waals surface area contributed by atoms with Crippen LogP contribution in [0.2, 0.25) is 0 Å². The van der Waals surface area contributed by atoms with Crippen molar-refractivity contribution in [1.82, 2.24) is 0 Å². The maximum atomic E-state index is 10.7. The molecular formula is C12H18BrNO4S. The van der Waals surface area contributed by atoms with Gasteiger partial charge in [-0.2, -0.15) is 0 Å². The van der Waals surface area contributed by atoms with E-state index < -0.39 is 15.0 Å². The second-order valence-corrected chi connectivity index (χ2v) is 10.3. The van der Waals surface area contributed by atoms with Gasteiger partial charge in [0.05, 0.1) is 22.1 Å². The van der Waals surface area contributed by atoms with Crippen LogP contribution < -0.4 is 4.74 Å². The Bertz CT molecular complexity index is 448. The van der Waals surface area contributed by atoms with Crippen LogP contribution in [0.15, 0.2) is 22.7 Å². The number of nitro groups is 1. The van der Waals surface area contributed by atoms with Crippen molar-refractivity contribution in [2.24, 2.45) is 0 Å². The molecule has 1 aromatic rings. The summed E-state index contributed by atoms with van der Waals surface area (Å²) in [4.78, 5) is 10.2. The number of nitro benzene ring substituents is 1. The highest BCUT2D eigenvalue weighted by molar-refractivity contribution is 9.10. The van der Waals surface area contributed by atoms with Gasteiger partial charge in [0.1, 0.15) is 5.75 Å². The zero-order valence-electron chi connectivity index (χ0n) is 11.2. The van der Waals surface area contributed by atoms with E-state index in [1.807, 2.05) is 0 Å². The van der Waals surface area contributed by atoms with Crippen LogP contribution in [0, 0.1) is 10.1 Å². The van der Waals surface area contributed by atoms with Crippen LogP contribution in [0.5, 0.6) is 5.75 Å². The molecule has 7 heteroatoms. The van der Waals surface area contributed by atoms with E-state index in [0.29, 0.717) is 16.8 Å². The van der Waals surface area contributed by atoms with E-state index in [9.17, 15) is 10.1 Å². The lowest BCUT2D eigenvalue weighted by atomic mass is 10.3. The third-order valence-electron chi connectivity index (χ3n) is 2.26. The quantitative estimate of drug-likeness (QED) is 0.327. The molecule has 0 unspecified atom stereocenters. The number of hydrogen-bond acceptors (Lipinski definition) is 4. The summed E-state index contributed by atoms with van der Waals surface area (Å²) in [6, 6.07) is 4.38. The van der Waals surface area contributed by atoms with Gasteiger partial charge in [-0.3, -0.25) is 10.1 Å². The Hall–Kier alpha value is -0.790. The molecule has 1 aromatic carbocycles. The first-order valence-corrected chi connectivity index (χ1v) is 9.42. The minimum Gasteiger partial charge on any atom is -0.466 e. The molecule has 108 valence electrons. The lowest BCUT2D eigenvalue weighted by Gasteiger charge is -2.24. The van der Waals surface area contributed by atoms with E-state index in [4.69, 9.17) is 9.47 Å². The highest BCUT2D eigenvalue weighted by Gasteiger charge is 2.10. The lowest BCUT2D eigenvalue weighted by molar-refractivity contribution is -0.385. The standard InChI is InChI=1S/C12H18BrNO4S/c1-19(2,3)7-6-17-9-18-12-8-10(14(15)16)4-5-11(12)13/h4-5,8H,6-7,9H2,1-3H3. The summed E-state index contributed by atoms with van der Waals surface area (Å²) in [7, 11) is -0.574. The summed E-state index contributed by atoms with van der Waals surface area (Å²) in [5.41, 5.74) is -0.00247. The summed E-state index contributed by atoms with van der Waals surface area (Å²) in [5, 5.41) is 10.7. The van der Waals surface area contributed by atoms with E-state index in [-0.39, 0.29) is 12.5 Å². The van der Waals surface area contributed by atoms with Crippen LogP contribution in [-0.4, -0.2) is 42.8 Å². The van der Waals surface area contributed by atoms with Crippen LogP contribution in [0.1, 0.15) is 0 Å². The van der Waals surface area contributed by atoms with Crippen molar-refractivity contribution in [3.63, 3.8) is 0 Å². The second kappa shape index (κ2) is 7.12. The van der Waals surface area contributed by atoms with E-state index >= 15 is 0 Å². The first kappa shape index (κ1) is 16.3. The molecule has 0 amide bonds. The van der Waals surface area contributed by atoms with Crippen molar-refractivity contribution >= 4 is 31.6 Å². The number of ether oxygens (including phenoxy) is 2. The molecule has 0 atom stereocenters. The third-order valence-corrected chi connectivity index (χ3v) is 4.31. The van der Waals surface area contributed by atoms with Gasteiger partial charge in [-0.1, -0.05) is 0 Å². The number of halogens is 1. The Balaban J connectivity index is 2.45. The Morgan fingerprint density at radius 1 is 1.37 bits per heavy atom. The van der Waals surface area contributed by atoms with Crippen molar-refractivity contribution in [3.8, 4) is 5.75 Å². The maximum absolute atomic E-state index is 10.7. The fourth-order valence-corrected chi connectivity index (χ4v) is 2.17. The van der Waals surface area contributed by atoms with Crippen molar-refractivity contribution in [2.45, 2.75) is 0 Å². The van der Waals surface area contributed by atoms with Gasteiger partial charge in [0.25, 0.3) is 5.69 Å². The molecule has 0 saturated heterocycles. The minimum atomic E-state index is -0.574. The van der Waals surface area contributed by atoms with Gasteiger partial charge in [-0.15, -0.1) is 0 Å². The summed E-state index contributed by atoms with van der Waals surface area (Å²) in [6.45, 7) is 0.723. The first-order chi connectivity index (χ1) is 8.79. The molecule has 0 spiro atoms. The molecule has 0 N–H and O–H groups in total. The van der Waals surface area contributed by atoms with Gasteiger partial charge in [0, 0.05) is 11.8 Å². The predicted molar refractivity (Wildman–Crippen MR) is 82.5 cm³/mol. The van der Waals surface area contributed by atoms with Gasteiger partial charge in [-0.25, -0.2) is 10.0 Å². The third kappa shape index (κ3) is 6.26. The van der Waals surface area contributed by atoms with Crippen molar-refractivity contribution in [1.29, 1.82) is 0 Å². The first-order valence-electron chi connectivity index (χ1n) is 5.60. The van der Waals surface area contributed by atoms with E-state index in [0.717, 1.165) is 5.75 Å². The zero-order valence-corrected chi connectivity index (χ0v) is 13.6. The van der Waals surface area contributed by atoms with Gasteiger partial charge in [0.15, 0.2) is 6.79 Å². The van der Waals surface area contributed by atoms with Crippen molar-refractivity contribution in [3.05, 3.63) is 32.8 Å². The van der Waals surface area contributed by atoms with Crippen molar-refractivity contribution < 1.29 is 14.4 Å². The van der Waals surface area contributed by atoms with E-state index in [2.05, 4.69) is 34.7 Å². The molecule has 0 fully saturated rings. The number of rotatable bonds is 7. The molecule has 0 aliphatic carbocycles. The van der Waals surface area contributed by atoms with E-state index in [1.54, 1.807) is 6.07 Å². The van der Waals surface area contributed by atoms with Crippen LogP contribution in [0.25, 0.3) is 0 Å². The topological polar surface area (TPSA) is 61.6 Å². The molecule has 0 radical (unpaired) electrons. The summed E-state index contributed by atoms with van der Waals surface area (Å²) >= 11 is 3.28. The zero-order chi connectivity index (χ0) is 14.5. The summed E-state index contributed by atoms with van der Waals surface area (Å²) in [5.74, 6) is 1.42. The number of nitrogens with zero attached hydrogens (tertiary/aromatic N) is 1. The fourth-order valence-electron chi connectivity index (χ4n) is 1.19. The molecule has 0 aromatic heterocycles. The lowest BCUT2D eigenvalue weighted by Crippen LogP contribution is -2.10. The molecule has 19 heavy (non-hydrogen) atoms. The minimum absolute atomic E-state index is 0.00247. The molecule has 0 bridgehead atoms. The molecule has 0 saturated carbocycles. The maximum Gasteiger partial charge on any atom is 0.273 e. The molecule has 0 heterocycles. The Labute approximate surface area is 122 Å². The van der Waals surface area contributed by atoms with Crippen LogP contribution >= 0.6 is 26.0 Å². The average Bonchev–Trinajstić information content (AvgIpc) is 2.29. The predicted octanol–water partition coefficient (Wildman–Crippen LogP) is 3.40. The molecule has 0 aliphatic rings. The SMILES string of the molecule is CS(C)(C)CCOCOc1cc([N+](=O)[O-])ccc1Br. The largest absolute Gasteiger partial charge is 0.466 e. The van der Waals surface area contributed by atoms with Crippen LogP contribution in [0.3, 0.4) is 0 Å². The average molecular weight is 352 g/mol. The van der Waals surface area contributed by atoms with Gasteiger partial charge in [0.2, 0.25) is 0 Å². The van der Waals surface area contributed by atoms with Crippen LogP contribution in [-0.2, 0) is 4.74 Å². The highest BCUT2D eigenvalue weighted by Crippen LogP contribution is 2.33. The number of non-ortho nitro benzene ring substituents is 1. The van der Waals surface area contributed by atoms with E-state index in [1.165, 1.54) is 12.1 Å². The van der Waals surface area contributed by atoms with Crippen molar-refractivity contribution in [2.75, 3.05) is 37.9 Å². The Morgan fingerprint density at radius 3 is 2.63 bits per heavy atom. The highest BCUT2D eigenvalue weighted by atomic mass is 79.9. The Morgan fingerprint density at radius 2 is 2.05 bits per heavy atom. The van der Waals surface area contributed by atoms with Crippen LogP contribution in [0.4, 0.5) is 5.69 Å².